The minimum absolute atomic E-state index is 0.0987. The van der Waals surface area contributed by atoms with Crippen LogP contribution in [0.1, 0.15) is 27.8 Å². The fourth-order valence-electron chi connectivity index (χ4n) is 4.12. The molecule has 0 aromatic heterocycles. The highest BCUT2D eigenvalue weighted by molar-refractivity contribution is 5.91. The third kappa shape index (κ3) is 8.15. The molecule has 1 amide bonds. The van der Waals surface area contributed by atoms with Crippen molar-refractivity contribution < 1.29 is 19.1 Å². The molecule has 1 unspecified atom stereocenters. The van der Waals surface area contributed by atoms with Crippen LogP contribution in [0.2, 0.25) is 0 Å². The third-order valence-electron chi connectivity index (χ3n) is 6.26. The second kappa shape index (κ2) is 13.4. The first-order valence-electron chi connectivity index (χ1n) is 12.8. The van der Waals surface area contributed by atoms with E-state index in [0.717, 1.165) is 33.6 Å². The van der Waals surface area contributed by atoms with Gasteiger partial charge >= 0.3 is 0 Å². The third-order valence-corrected chi connectivity index (χ3v) is 6.26. The van der Waals surface area contributed by atoms with Crippen LogP contribution in [-0.2, 0) is 33.8 Å². The average Bonchev–Trinajstić information content (AvgIpc) is 2.92. The summed E-state index contributed by atoms with van der Waals surface area (Å²) in [4.78, 5) is 26.3. The van der Waals surface area contributed by atoms with E-state index in [2.05, 4.69) is 5.32 Å². The van der Waals surface area contributed by atoms with Crippen molar-refractivity contribution in [2.45, 2.75) is 39.3 Å². The van der Waals surface area contributed by atoms with E-state index in [1.807, 2.05) is 117 Å². The second-order valence-electron chi connectivity index (χ2n) is 9.43. The maximum atomic E-state index is 13.3. The standard InChI is InChI=1S/C33H33NO4/c1-24-13-14-25(2)28(19-24)21-33(36)34-31(23-37-22-27-9-5-3-6-10-27)32(35)20-26-15-17-30(18-16-26)38-29-11-7-4-8-12-29/h3-19,31H,20-23H2,1-2H3,(H,34,36). The molecular formula is C33H33NO4. The molecule has 0 heterocycles. The van der Waals surface area contributed by atoms with Gasteiger partial charge in [-0.05, 0) is 60.4 Å². The molecule has 1 N–H and O–H groups in total. The fourth-order valence-corrected chi connectivity index (χ4v) is 4.12. The molecular weight excluding hydrogens is 474 g/mol. The number of carbonyl (C=O) groups excluding carboxylic acids is 2. The highest BCUT2D eigenvalue weighted by Gasteiger charge is 2.22. The van der Waals surface area contributed by atoms with Crippen molar-refractivity contribution in [2.24, 2.45) is 0 Å². The Kier molecular flexibility index (Phi) is 9.43. The lowest BCUT2D eigenvalue weighted by atomic mass is 10.0. The van der Waals surface area contributed by atoms with E-state index in [4.69, 9.17) is 9.47 Å². The molecule has 0 saturated heterocycles. The van der Waals surface area contributed by atoms with Gasteiger partial charge in [0.05, 0.1) is 19.6 Å². The number of nitrogens with one attached hydrogen (secondary N) is 1. The number of benzene rings is 4. The van der Waals surface area contributed by atoms with Crippen molar-refractivity contribution in [3.8, 4) is 11.5 Å². The average molecular weight is 508 g/mol. The van der Waals surface area contributed by atoms with Crippen LogP contribution in [0, 0.1) is 13.8 Å². The number of amides is 1. The van der Waals surface area contributed by atoms with Gasteiger partial charge in [-0.1, -0.05) is 84.4 Å². The normalized spacial score (nSPS) is 11.5. The topological polar surface area (TPSA) is 64.6 Å². The maximum absolute atomic E-state index is 13.3. The zero-order chi connectivity index (χ0) is 26.7. The molecule has 4 rings (SSSR count). The lowest BCUT2D eigenvalue weighted by Gasteiger charge is -2.19. The first-order valence-corrected chi connectivity index (χ1v) is 12.8. The maximum Gasteiger partial charge on any atom is 0.225 e. The van der Waals surface area contributed by atoms with Gasteiger partial charge in [0.1, 0.15) is 17.5 Å². The molecule has 0 fully saturated rings. The molecule has 38 heavy (non-hydrogen) atoms. The van der Waals surface area contributed by atoms with Gasteiger partial charge in [-0.2, -0.15) is 0 Å². The summed E-state index contributed by atoms with van der Waals surface area (Å²) in [7, 11) is 0. The van der Waals surface area contributed by atoms with Crippen molar-refractivity contribution in [3.05, 3.63) is 131 Å². The summed E-state index contributed by atoms with van der Waals surface area (Å²) in [6.07, 6.45) is 0.385. The molecule has 0 aliphatic rings. The Labute approximate surface area is 224 Å². The van der Waals surface area contributed by atoms with E-state index in [9.17, 15) is 9.59 Å². The number of ketones is 1. The lowest BCUT2D eigenvalue weighted by Crippen LogP contribution is -2.45. The molecule has 0 spiro atoms. The van der Waals surface area contributed by atoms with Gasteiger partial charge < -0.3 is 14.8 Å². The molecule has 1 atom stereocenters. The molecule has 0 aliphatic carbocycles. The molecule has 0 radical (unpaired) electrons. The van der Waals surface area contributed by atoms with Crippen molar-refractivity contribution in [2.75, 3.05) is 6.61 Å². The molecule has 5 nitrogen and oxygen atoms in total. The summed E-state index contributed by atoms with van der Waals surface area (Å²) >= 11 is 0. The van der Waals surface area contributed by atoms with Gasteiger partial charge in [0.2, 0.25) is 5.91 Å². The number of Topliss-reactive ketones (excluding diaryl/α,β-unsaturated/α-hetero) is 1. The Morgan fingerprint density at radius 1 is 0.737 bits per heavy atom. The molecule has 4 aromatic carbocycles. The van der Waals surface area contributed by atoms with E-state index in [0.29, 0.717) is 12.4 Å². The lowest BCUT2D eigenvalue weighted by molar-refractivity contribution is -0.128. The van der Waals surface area contributed by atoms with Crippen LogP contribution >= 0.6 is 0 Å². The van der Waals surface area contributed by atoms with Gasteiger partial charge in [0.15, 0.2) is 5.78 Å². The SMILES string of the molecule is Cc1ccc(C)c(CC(=O)NC(COCc2ccccc2)C(=O)Cc2ccc(Oc3ccccc3)cc2)c1. The van der Waals surface area contributed by atoms with Crippen LogP contribution in [0.5, 0.6) is 11.5 Å². The minimum atomic E-state index is -0.753. The molecule has 5 heteroatoms. The van der Waals surface area contributed by atoms with E-state index in [1.165, 1.54) is 0 Å². The van der Waals surface area contributed by atoms with Gasteiger partial charge in [0.25, 0.3) is 0 Å². The predicted molar refractivity (Wildman–Crippen MR) is 149 cm³/mol. The molecule has 0 aliphatic heterocycles. The van der Waals surface area contributed by atoms with Crippen LogP contribution in [0.4, 0.5) is 0 Å². The number of rotatable bonds is 12. The monoisotopic (exact) mass is 507 g/mol. The fraction of sp³-hybridized carbons (Fsp3) is 0.212. The summed E-state index contributed by atoms with van der Waals surface area (Å²) < 4.78 is 11.7. The molecule has 4 aromatic rings. The number of hydrogen-bond acceptors (Lipinski definition) is 4. The van der Waals surface area contributed by atoms with Crippen molar-refractivity contribution in [1.29, 1.82) is 0 Å². The molecule has 0 saturated carbocycles. The summed E-state index contributed by atoms with van der Waals surface area (Å²) in [5.41, 5.74) is 4.94. The number of carbonyl (C=O) groups is 2. The second-order valence-corrected chi connectivity index (χ2v) is 9.43. The number of ether oxygens (including phenoxy) is 2. The van der Waals surface area contributed by atoms with Crippen LogP contribution in [0.15, 0.2) is 103 Å². The molecule has 0 bridgehead atoms. The largest absolute Gasteiger partial charge is 0.457 e. The first-order chi connectivity index (χ1) is 18.5. The Bertz CT molecular complexity index is 1330. The highest BCUT2D eigenvalue weighted by atomic mass is 16.5. The zero-order valence-electron chi connectivity index (χ0n) is 21.9. The van der Waals surface area contributed by atoms with Gasteiger partial charge in [-0.15, -0.1) is 0 Å². The predicted octanol–water partition coefficient (Wildman–Crippen LogP) is 6.15. The van der Waals surface area contributed by atoms with E-state index in [1.54, 1.807) is 0 Å². The Morgan fingerprint density at radius 3 is 2.11 bits per heavy atom. The Balaban J connectivity index is 1.40. The summed E-state index contributed by atoms with van der Waals surface area (Å²) in [5, 5.41) is 2.92. The summed E-state index contributed by atoms with van der Waals surface area (Å²) in [6.45, 7) is 4.45. The van der Waals surface area contributed by atoms with Crippen molar-refractivity contribution in [1.82, 2.24) is 5.32 Å². The number of para-hydroxylation sites is 1. The van der Waals surface area contributed by atoms with E-state index in [-0.39, 0.29) is 31.1 Å². The van der Waals surface area contributed by atoms with Crippen molar-refractivity contribution in [3.63, 3.8) is 0 Å². The number of aryl methyl sites for hydroxylation is 2. The number of hydrogen-bond donors (Lipinski definition) is 1. The van der Waals surface area contributed by atoms with Gasteiger partial charge in [-0.3, -0.25) is 9.59 Å². The van der Waals surface area contributed by atoms with E-state index >= 15 is 0 Å². The smallest absolute Gasteiger partial charge is 0.225 e. The van der Waals surface area contributed by atoms with Gasteiger partial charge in [0, 0.05) is 6.42 Å². The minimum Gasteiger partial charge on any atom is -0.457 e. The summed E-state index contributed by atoms with van der Waals surface area (Å²) in [6, 6.07) is 32.0. The quantitative estimate of drug-likeness (QED) is 0.250. The molecule has 194 valence electrons. The van der Waals surface area contributed by atoms with Crippen LogP contribution in [0.3, 0.4) is 0 Å². The Hall–Kier alpha value is -4.22. The highest BCUT2D eigenvalue weighted by Crippen LogP contribution is 2.21. The van der Waals surface area contributed by atoms with Gasteiger partial charge in [-0.25, -0.2) is 0 Å². The van der Waals surface area contributed by atoms with Crippen molar-refractivity contribution >= 4 is 11.7 Å². The Morgan fingerprint density at radius 2 is 1.39 bits per heavy atom. The summed E-state index contributed by atoms with van der Waals surface area (Å²) in [5.74, 6) is 1.13. The van der Waals surface area contributed by atoms with Crippen LogP contribution in [0.25, 0.3) is 0 Å². The van der Waals surface area contributed by atoms with E-state index < -0.39 is 6.04 Å². The zero-order valence-corrected chi connectivity index (χ0v) is 21.9. The van der Waals surface area contributed by atoms with Crippen LogP contribution in [-0.4, -0.2) is 24.3 Å². The van der Waals surface area contributed by atoms with Crippen LogP contribution < -0.4 is 10.1 Å². The first kappa shape index (κ1) is 26.8.